The van der Waals surface area contributed by atoms with Crippen LogP contribution in [0.2, 0.25) is 5.02 Å². The third-order valence-corrected chi connectivity index (χ3v) is 5.65. The summed E-state index contributed by atoms with van der Waals surface area (Å²) in [6.07, 6.45) is 0. The standard InChI is InChI=1S/C21H14ClN3O3/c1-10-8-15-17(24(2)21(28)23-15)9-16(10)25-19(26)12-5-3-4-11-14(22)7-6-13(18(11)12)20(25)27/h3-9H,1-2H3,(H,23,28). The summed E-state index contributed by atoms with van der Waals surface area (Å²) in [4.78, 5) is 42.5. The van der Waals surface area contributed by atoms with E-state index in [0.29, 0.717) is 49.2 Å². The van der Waals surface area contributed by atoms with Gasteiger partial charge < -0.3 is 4.98 Å². The Morgan fingerprint density at radius 1 is 0.964 bits per heavy atom. The van der Waals surface area contributed by atoms with Crippen LogP contribution in [-0.4, -0.2) is 21.4 Å². The molecule has 0 fully saturated rings. The number of nitrogens with zero attached hydrogens (tertiary/aromatic N) is 2. The summed E-state index contributed by atoms with van der Waals surface area (Å²) < 4.78 is 1.45. The molecule has 0 saturated carbocycles. The Labute approximate surface area is 163 Å². The van der Waals surface area contributed by atoms with E-state index in [9.17, 15) is 14.4 Å². The van der Waals surface area contributed by atoms with Gasteiger partial charge in [-0.05, 0) is 42.8 Å². The maximum Gasteiger partial charge on any atom is 0.326 e. The Hall–Kier alpha value is -3.38. The van der Waals surface area contributed by atoms with E-state index in [4.69, 9.17) is 11.6 Å². The van der Waals surface area contributed by atoms with Crippen LogP contribution in [0.4, 0.5) is 5.69 Å². The van der Waals surface area contributed by atoms with Crippen molar-refractivity contribution in [2.24, 2.45) is 7.05 Å². The normalized spacial score (nSPS) is 13.8. The van der Waals surface area contributed by atoms with Gasteiger partial charge in [-0.1, -0.05) is 23.7 Å². The number of nitrogens with one attached hydrogen (secondary N) is 1. The SMILES string of the molecule is Cc1cc2[nH]c(=O)n(C)c2cc1N1C(=O)c2cccc3c(Cl)ccc(c23)C1=O. The van der Waals surface area contributed by atoms with Gasteiger partial charge in [0.1, 0.15) is 0 Å². The number of carbonyl (C=O) groups is 2. The van der Waals surface area contributed by atoms with Crippen LogP contribution in [0.15, 0.2) is 47.3 Å². The molecule has 7 heteroatoms. The van der Waals surface area contributed by atoms with Crippen molar-refractivity contribution < 1.29 is 9.59 Å². The number of imidazole rings is 1. The molecule has 28 heavy (non-hydrogen) atoms. The predicted octanol–water partition coefficient (Wildman–Crippen LogP) is 3.78. The molecule has 0 radical (unpaired) electrons. The van der Waals surface area contributed by atoms with Gasteiger partial charge in [0.2, 0.25) is 0 Å². The highest BCUT2D eigenvalue weighted by molar-refractivity contribution is 6.41. The number of aromatic nitrogens is 2. The number of carbonyl (C=O) groups excluding carboxylic acids is 2. The number of amides is 2. The maximum atomic E-state index is 13.3. The number of H-pyrrole nitrogens is 1. The molecule has 138 valence electrons. The number of aromatic amines is 1. The average molecular weight is 392 g/mol. The Balaban J connectivity index is 1.80. The second-order valence-corrected chi connectivity index (χ2v) is 7.32. The number of halogens is 1. The van der Waals surface area contributed by atoms with Crippen molar-refractivity contribution in [1.82, 2.24) is 9.55 Å². The summed E-state index contributed by atoms with van der Waals surface area (Å²) in [6.45, 7) is 1.80. The lowest BCUT2D eigenvalue weighted by Gasteiger charge is -2.28. The van der Waals surface area contributed by atoms with Gasteiger partial charge in [0.25, 0.3) is 11.8 Å². The lowest BCUT2D eigenvalue weighted by atomic mass is 9.93. The van der Waals surface area contributed by atoms with Crippen molar-refractivity contribution in [1.29, 1.82) is 0 Å². The predicted molar refractivity (Wildman–Crippen MR) is 108 cm³/mol. The second kappa shape index (κ2) is 5.56. The summed E-state index contributed by atoms with van der Waals surface area (Å²) >= 11 is 6.27. The number of fused-ring (bicyclic) bond motifs is 1. The zero-order valence-electron chi connectivity index (χ0n) is 15.0. The lowest BCUT2D eigenvalue weighted by Crippen LogP contribution is -2.40. The molecular weight excluding hydrogens is 378 g/mol. The van der Waals surface area contributed by atoms with E-state index in [1.54, 1.807) is 56.4 Å². The molecule has 5 rings (SSSR count). The van der Waals surface area contributed by atoms with Crippen molar-refractivity contribution >= 4 is 50.9 Å². The van der Waals surface area contributed by atoms with Crippen LogP contribution in [0.5, 0.6) is 0 Å². The first-order valence-electron chi connectivity index (χ1n) is 8.68. The summed E-state index contributed by atoms with van der Waals surface area (Å²) in [5, 5.41) is 1.75. The van der Waals surface area contributed by atoms with Crippen LogP contribution in [-0.2, 0) is 7.05 Å². The quantitative estimate of drug-likeness (QED) is 0.502. The van der Waals surface area contributed by atoms with E-state index < -0.39 is 11.8 Å². The summed E-state index contributed by atoms with van der Waals surface area (Å²) in [6, 6.07) is 12.0. The van der Waals surface area contributed by atoms with Crippen molar-refractivity contribution in [3.05, 3.63) is 74.7 Å². The number of aryl methyl sites for hydroxylation is 2. The fraction of sp³-hybridized carbons (Fsp3) is 0.0952. The minimum Gasteiger partial charge on any atom is -0.306 e. The molecule has 2 amide bonds. The van der Waals surface area contributed by atoms with E-state index in [1.807, 2.05) is 0 Å². The monoisotopic (exact) mass is 391 g/mol. The maximum absolute atomic E-state index is 13.3. The van der Waals surface area contributed by atoms with Gasteiger partial charge in [-0.2, -0.15) is 0 Å². The minimum absolute atomic E-state index is 0.257. The Kier molecular flexibility index (Phi) is 3.33. The van der Waals surface area contributed by atoms with E-state index in [1.165, 1.54) is 9.47 Å². The van der Waals surface area contributed by atoms with Crippen LogP contribution in [0.3, 0.4) is 0 Å². The van der Waals surface area contributed by atoms with Gasteiger partial charge in [-0.25, -0.2) is 9.69 Å². The molecule has 0 saturated heterocycles. The molecule has 3 aromatic carbocycles. The van der Waals surface area contributed by atoms with Crippen LogP contribution in [0.1, 0.15) is 26.3 Å². The highest BCUT2D eigenvalue weighted by atomic mass is 35.5. The van der Waals surface area contributed by atoms with Crippen LogP contribution in [0.25, 0.3) is 21.8 Å². The van der Waals surface area contributed by atoms with Crippen LogP contribution in [0, 0.1) is 6.92 Å². The fourth-order valence-electron chi connectivity index (χ4n) is 3.89. The Bertz CT molecular complexity index is 1390. The van der Waals surface area contributed by atoms with Gasteiger partial charge in [-0.15, -0.1) is 0 Å². The smallest absolute Gasteiger partial charge is 0.306 e. The molecule has 0 spiro atoms. The van der Waals surface area contributed by atoms with Gasteiger partial charge >= 0.3 is 5.69 Å². The summed E-state index contributed by atoms with van der Waals surface area (Å²) in [5.74, 6) is -0.818. The average Bonchev–Trinajstić information content (AvgIpc) is 2.94. The molecule has 0 unspecified atom stereocenters. The van der Waals surface area contributed by atoms with E-state index >= 15 is 0 Å². The van der Waals surface area contributed by atoms with Crippen molar-refractivity contribution in [2.75, 3.05) is 4.90 Å². The number of benzene rings is 3. The van der Waals surface area contributed by atoms with Crippen molar-refractivity contribution in [2.45, 2.75) is 6.92 Å². The van der Waals surface area contributed by atoms with Crippen molar-refractivity contribution in [3.63, 3.8) is 0 Å². The summed E-state index contributed by atoms with van der Waals surface area (Å²) in [5.41, 5.74) is 3.03. The fourth-order valence-corrected chi connectivity index (χ4v) is 4.11. The second-order valence-electron chi connectivity index (χ2n) is 6.91. The van der Waals surface area contributed by atoms with E-state index in [-0.39, 0.29) is 5.69 Å². The minimum atomic E-state index is -0.409. The summed E-state index contributed by atoms with van der Waals surface area (Å²) in [7, 11) is 1.64. The van der Waals surface area contributed by atoms with Gasteiger partial charge in [-0.3, -0.25) is 14.2 Å². The topological polar surface area (TPSA) is 75.2 Å². The molecule has 1 aliphatic heterocycles. The molecule has 1 N–H and O–H groups in total. The van der Waals surface area contributed by atoms with Gasteiger partial charge in [0, 0.05) is 34.0 Å². The number of hydrogen-bond acceptors (Lipinski definition) is 3. The molecule has 1 aliphatic rings. The molecule has 0 bridgehead atoms. The highest BCUT2D eigenvalue weighted by Crippen LogP contribution is 2.37. The first kappa shape index (κ1) is 16.8. The Morgan fingerprint density at radius 2 is 1.68 bits per heavy atom. The molecule has 0 atom stereocenters. The molecule has 4 aromatic rings. The van der Waals surface area contributed by atoms with Crippen LogP contribution < -0.4 is 10.6 Å². The number of anilines is 1. The Morgan fingerprint density at radius 3 is 2.43 bits per heavy atom. The number of imide groups is 1. The van der Waals surface area contributed by atoms with E-state index in [0.717, 1.165) is 0 Å². The highest BCUT2D eigenvalue weighted by Gasteiger charge is 2.35. The zero-order chi connectivity index (χ0) is 19.7. The molecule has 6 nitrogen and oxygen atoms in total. The van der Waals surface area contributed by atoms with Crippen LogP contribution >= 0.6 is 11.6 Å². The molecule has 2 heterocycles. The lowest BCUT2D eigenvalue weighted by molar-refractivity contribution is 0.0893. The first-order chi connectivity index (χ1) is 13.4. The van der Waals surface area contributed by atoms with E-state index in [2.05, 4.69) is 4.98 Å². The largest absolute Gasteiger partial charge is 0.326 e. The molecule has 1 aromatic heterocycles. The van der Waals surface area contributed by atoms with Gasteiger partial charge in [0.05, 0.1) is 16.7 Å². The first-order valence-corrected chi connectivity index (χ1v) is 9.05. The van der Waals surface area contributed by atoms with Crippen molar-refractivity contribution in [3.8, 4) is 0 Å². The number of rotatable bonds is 1. The third-order valence-electron chi connectivity index (χ3n) is 5.32. The zero-order valence-corrected chi connectivity index (χ0v) is 15.8. The molecule has 0 aliphatic carbocycles. The van der Waals surface area contributed by atoms with Gasteiger partial charge in [0.15, 0.2) is 0 Å². The number of hydrogen-bond donors (Lipinski definition) is 1. The third kappa shape index (κ3) is 2.06. The molecular formula is C21H14ClN3O3.